The predicted molar refractivity (Wildman–Crippen MR) is 64.2 cm³/mol. The van der Waals surface area contributed by atoms with Crippen LogP contribution in [0.4, 0.5) is 0 Å². The van der Waals surface area contributed by atoms with Gasteiger partial charge in [-0.15, -0.1) is 0 Å². The van der Waals surface area contributed by atoms with Gasteiger partial charge in [0.25, 0.3) is 0 Å². The number of hydrogen-bond donors (Lipinski definition) is 2. The number of piperazine rings is 1. The van der Waals surface area contributed by atoms with Gasteiger partial charge in [-0.05, 0) is 13.8 Å². The third-order valence-corrected chi connectivity index (χ3v) is 5.14. The van der Waals surface area contributed by atoms with Gasteiger partial charge in [0, 0.05) is 19.6 Å². The zero-order valence-electron chi connectivity index (χ0n) is 10.3. The molecule has 0 aromatic carbocycles. The van der Waals surface area contributed by atoms with Gasteiger partial charge in [-0.1, -0.05) is 0 Å². The molecule has 0 aliphatic carbocycles. The molecule has 0 radical (unpaired) electrons. The van der Waals surface area contributed by atoms with Crippen LogP contribution in [0.3, 0.4) is 0 Å². The third kappa shape index (κ3) is 2.01. The molecular formula is C10H15N5O2S. The normalized spacial score (nSPS) is 21.7. The van der Waals surface area contributed by atoms with E-state index in [0.29, 0.717) is 31.0 Å². The largest absolute Gasteiger partial charge is 0.313 e. The molecule has 1 atom stereocenters. The lowest BCUT2D eigenvalue weighted by Gasteiger charge is -2.30. The lowest BCUT2D eigenvalue weighted by atomic mass is 10.3. The first-order valence-electron chi connectivity index (χ1n) is 5.62. The molecule has 1 unspecified atom stereocenters. The van der Waals surface area contributed by atoms with Crippen molar-refractivity contribution in [2.24, 2.45) is 0 Å². The summed E-state index contributed by atoms with van der Waals surface area (Å²) in [6.07, 6.45) is 0. The first-order chi connectivity index (χ1) is 8.48. The number of nitrogens with one attached hydrogen (secondary N) is 2. The Labute approximate surface area is 106 Å². The number of H-pyrrole nitrogens is 1. The highest BCUT2D eigenvalue weighted by Crippen LogP contribution is 2.23. The predicted octanol–water partition coefficient (Wildman–Crippen LogP) is -0.487. The highest BCUT2D eigenvalue weighted by atomic mass is 32.2. The summed E-state index contributed by atoms with van der Waals surface area (Å²) in [5, 5.41) is 18.6. The van der Waals surface area contributed by atoms with E-state index in [-0.39, 0.29) is 4.90 Å². The summed E-state index contributed by atoms with van der Waals surface area (Å²) in [6, 6.07) is 1.35. The van der Waals surface area contributed by atoms with Crippen LogP contribution < -0.4 is 5.32 Å². The monoisotopic (exact) mass is 269 g/mol. The Balaban J connectivity index is 2.46. The molecule has 1 aliphatic rings. The Morgan fingerprint density at radius 1 is 1.50 bits per heavy atom. The first-order valence-corrected chi connectivity index (χ1v) is 7.06. The van der Waals surface area contributed by atoms with Gasteiger partial charge in [-0.3, -0.25) is 5.10 Å². The average Bonchev–Trinajstić information content (AvgIpc) is 2.69. The summed E-state index contributed by atoms with van der Waals surface area (Å²) in [7, 11) is -3.66. The van der Waals surface area contributed by atoms with Crippen LogP contribution in [0.15, 0.2) is 4.90 Å². The second-order valence-electron chi connectivity index (χ2n) is 4.23. The second-order valence-corrected chi connectivity index (χ2v) is 6.06. The molecule has 98 valence electrons. The molecule has 2 N–H and O–H groups in total. The van der Waals surface area contributed by atoms with E-state index in [4.69, 9.17) is 5.26 Å². The molecule has 2 rings (SSSR count). The minimum atomic E-state index is -3.66. The van der Waals surface area contributed by atoms with Crippen molar-refractivity contribution in [2.45, 2.75) is 24.8 Å². The molecule has 1 aliphatic heterocycles. The van der Waals surface area contributed by atoms with Gasteiger partial charge in [-0.2, -0.15) is 14.7 Å². The molecule has 18 heavy (non-hydrogen) atoms. The van der Waals surface area contributed by atoms with Crippen LogP contribution in [-0.4, -0.2) is 48.6 Å². The average molecular weight is 269 g/mol. The molecule has 1 fully saturated rings. The summed E-state index contributed by atoms with van der Waals surface area (Å²) >= 11 is 0. The van der Waals surface area contributed by atoms with E-state index in [2.05, 4.69) is 15.5 Å². The van der Waals surface area contributed by atoms with E-state index < -0.39 is 16.1 Å². The quantitative estimate of drug-likeness (QED) is 0.754. The van der Waals surface area contributed by atoms with Crippen molar-refractivity contribution in [3.63, 3.8) is 0 Å². The fraction of sp³-hybridized carbons (Fsp3) is 0.600. The van der Waals surface area contributed by atoms with Crippen molar-refractivity contribution < 1.29 is 8.42 Å². The molecular weight excluding hydrogens is 254 g/mol. The Morgan fingerprint density at radius 2 is 2.22 bits per heavy atom. The van der Waals surface area contributed by atoms with Crippen LogP contribution >= 0.6 is 0 Å². The number of hydrogen-bond acceptors (Lipinski definition) is 5. The molecule has 0 bridgehead atoms. The molecule has 1 aromatic heterocycles. The van der Waals surface area contributed by atoms with Crippen LogP contribution in [0.1, 0.15) is 11.4 Å². The highest BCUT2D eigenvalue weighted by Gasteiger charge is 2.36. The van der Waals surface area contributed by atoms with Gasteiger partial charge in [0.05, 0.1) is 17.5 Å². The van der Waals surface area contributed by atoms with Gasteiger partial charge < -0.3 is 5.32 Å². The minimum absolute atomic E-state index is 0.185. The van der Waals surface area contributed by atoms with Crippen LogP contribution in [0, 0.1) is 25.2 Å². The van der Waals surface area contributed by atoms with Gasteiger partial charge in [0.15, 0.2) is 0 Å². The molecule has 0 spiro atoms. The summed E-state index contributed by atoms with van der Waals surface area (Å²) < 4.78 is 26.3. The second kappa shape index (κ2) is 4.68. The van der Waals surface area contributed by atoms with E-state index in [1.807, 2.05) is 6.07 Å². The number of nitrogens with zero attached hydrogens (tertiary/aromatic N) is 3. The van der Waals surface area contributed by atoms with E-state index in [9.17, 15) is 8.42 Å². The maximum atomic E-state index is 12.5. The number of rotatable bonds is 2. The number of sulfonamides is 1. The van der Waals surface area contributed by atoms with Crippen molar-refractivity contribution in [1.82, 2.24) is 19.8 Å². The summed E-state index contributed by atoms with van der Waals surface area (Å²) in [5.74, 6) is 0. The van der Waals surface area contributed by atoms with Gasteiger partial charge in [-0.25, -0.2) is 8.42 Å². The van der Waals surface area contributed by atoms with E-state index in [1.165, 1.54) is 4.31 Å². The van der Waals surface area contributed by atoms with Crippen LogP contribution in [-0.2, 0) is 10.0 Å². The van der Waals surface area contributed by atoms with E-state index in [0.717, 1.165) is 0 Å². The lowest BCUT2D eigenvalue weighted by Crippen LogP contribution is -2.52. The Morgan fingerprint density at radius 3 is 2.78 bits per heavy atom. The van der Waals surface area contributed by atoms with Crippen LogP contribution in [0.2, 0.25) is 0 Å². The number of aromatic nitrogens is 2. The molecule has 1 saturated heterocycles. The summed E-state index contributed by atoms with van der Waals surface area (Å²) in [4.78, 5) is 0.185. The Bertz CT molecular complexity index is 566. The van der Waals surface area contributed by atoms with Crippen molar-refractivity contribution in [3.8, 4) is 6.07 Å². The maximum absolute atomic E-state index is 12.5. The molecule has 0 amide bonds. The highest BCUT2D eigenvalue weighted by molar-refractivity contribution is 7.89. The fourth-order valence-corrected chi connectivity index (χ4v) is 4.00. The van der Waals surface area contributed by atoms with Crippen molar-refractivity contribution in [1.29, 1.82) is 5.26 Å². The number of aromatic amines is 1. The van der Waals surface area contributed by atoms with Crippen molar-refractivity contribution in [2.75, 3.05) is 19.6 Å². The zero-order valence-corrected chi connectivity index (χ0v) is 11.1. The summed E-state index contributed by atoms with van der Waals surface area (Å²) in [6.45, 7) is 4.50. The zero-order chi connectivity index (χ0) is 13.3. The number of aryl methyl sites for hydroxylation is 2. The maximum Gasteiger partial charge on any atom is 0.248 e. The first kappa shape index (κ1) is 13.0. The molecule has 7 nitrogen and oxygen atoms in total. The van der Waals surface area contributed by atoms with E-state index in [1.54, 1.807) is 13.8 Å². The fourth-order valence-electron chi connectivity index (χ4n) is 2.12. The Hall–Kier alpha value is -1.43. The summed E-state index contributed by atoms with van der Waals surface area (Å²) in [5.41, 5.74) is 0.936. The number of nitriles is 1. The smallest absolute Gasteiger partial charge is 0.248 e. The van der Waals surface area contributed by atoms with E-state index >= 15 is 0 Å². The Kier molecular flexibility index (Phi) is 3.38. The molecule has 1 aromatic rings. The van der Waals surface area contributed by atoms with Gasteiger partial charge in [0.1, 0.15) is 10.9 Å². The lowest BCUT2D eigenvalue weighted by molar-refractivity contribution is 0.311. The van der Waals surface area contributed by atoms with Crippen LogP contribution in [0.5, 0.6) is 0 Å². The molecule has 8 heteroatoms. The molecule has 0 saturated carbocycles. The van der Waals surface area contributed by atoms with Gasteiger partial charge >= 0.3 is 0 Å². The van der Waals surface area contributed by atoms with Crippen LogP contribution in [0.25, 0.3) is 0 Å². The molecule has 2 heterocycles. The van der Waals surface area contributed by atoms with Crippen molar-refractivity contribution >= 4 is 10.0 Å². The third-order valence-electron chi connectivity index (χ3n) is 2.97. The topological polar surface area (TPSA) is 102 Å². The van der Waals surface area contributed by atoms with Crippen molar-refractivity contribution in [3.05, 3.63) is 11.4 Å². The standard InChI is InChI=1S/C10H15N5O2S/c1-7-10(8(2)14-13-7)18(16,17)15-4-3-12-6-9(15)5-11/h9,12H,3-4,6H2,1-2H3,(H,13,14). The van der Waals surface area contributed by atoms with Gasteiger partial charge in [0.2, 0.25) is 10.0 Å². The minimum Gasteiger partial charge on any atom is -0.313 e. The SMILES string of the molecule is Cc1n[nH]c(C)c1S(=O)(=O)N1CCNCC1C#N.